The van der Waals surface area contributed by atoms with Gasteiger partial charge in [0.05, 0.1) is 18.5 Å². The van der Waals surface area contributed by atoms with E-state index in [0.717, 1.165) is 16.1 Å². The Kier molecular flexibility index (Phi) is 5.79. The van der Waals surface area contributed by atoms with Gasteiger partial charge in [0.2, 0.25) is 10.0 Å². The number of aromatic nitrogens is 2. The Bertz CT molecular complexity index is 820. The summed E-state index contributed by atoms with van der Waals surface area (Å²) in [4.78, 5) is -0.229. The van der Waals surface area contributed by atoms with Crippen LogP contribution in [0.25, 0.3) is 0 Å². The summed E-state index contributed by atoms with van der Waals surface area (Å²) in [5.74, 6) is 0.693. The highest BCUT2D eigenvalue weighted by Crippen LogP contribution is 2.29. The van der Waals surface area contributed by atoms with Gasteiger partial charge in [-0.2, -0.15) is 18.2 Å². The molecule has 1 aromatic heterocycles. The van der Waals surface area contributed by atoms with Crippen LogP contribution in [0.15, 0.2) is 35.4 Å². The lowest BCUT2D eigenvalue weighted by Gasteiger charge is -2.24. The summed E-state index contributed by atoms with van der Waals surface area (Å²) in [6, 6.07) is 6.58. The van der Waals surface area contributed by atoms with Crippen molar-refractivity contribution in [2.75, 3.05) is 13.7 Å². The number of nitrogens with zero attached hydrogens (tertiary/aromatic N) is 3. The molecule has 9 heteroatoms. The first kappa shape index (κ1) is 19.3. The lowest BCUT2D eigenvalue weighted by atomic mass is 10.1. The highest BCUT2D eigenvalue weighted by atomic mass is 32.2. The van der Waals surface area contributed by atoms with Gasteiger partial charge < -0.3 is 4.74 Å². The van der Waals surface area contributed by atoms with Crippen LogP contribution < -0.4 is 4.74 Å². The van der Waals surface area contributed by atoms with Crippen molar-refractivity contribution in [3.63, 3.8) is 0 Å². The Hall–Kier alpha value is -2.00. The van der Waals surface area contributed by atoms with E-state index in [-0.39, 0.29) is 10.6 Å². The van der Waals surface area contributed by atoms with Crippen molar-refractivity contribution < 1.29 is 21.9 Å². The van der Waals surface area contributed by atoms with Gasteiger partial charge in [0, 0.05) is 13.1 Å². The van der Waals surface area contributed by atoms with Gasteiger partial charge in [-0.1, -0.05) is 12.1 Å². The van der Waals surface area contributed by atoms with Crippen LogP contribution in [0.4, 0.5) is 8.78 Å². The highest BCUT2D eigenvalue weighted by molar-refractivity contribution is 7.89. The Labute approximate surface area is 146 Å². The van der Waals surface area contributed by atoms with Crippen molar-refractivity contribution in [2.45, 2.75) is 38.3 Å². The van der Waals surface area contributed by atoms with Crippen molar-refractivity contribution in [2.24, 2.45) is 0 Å². The summed E-state index contributed by atoms with van der Waals surface area (Å²) in [7, 11) is -2.55. The summed E-state index contributed by atoms with van der Waals surface area (Å²) in [6.07, 6.45) is 0.957. The van der Waals surface area contributed by atoms with Gasteiger partial charge in [0.1, 0.15) is 10.6 Å². The molecule has 25 heavy (non-hydrogen) atoms. The van der Waals surface area contributed by atoms with Crippen molar-refractivity contribution in [1.82, 2.24) is 14.1 Å². The molecule has 2 rings (SSSR count). The van der Waals surface area contributed by atoms with E-state index in [4.69, 9.17) is 4.74 Å². The van der Waals surface area contributed by atoms with E-state index in [1.54, 1.807) is 31.2 Å². The fourth-order valence-corrected chi connectivity index (χ4v) is 3.94. The Balaban J connectivity index is 2.29. The molecule has 0 amide bonds. The molecule has 1 heterocycles. The number of halogens is 2. The molecule has 0 aliphatic rings. The van der Waals surface area contributed by atoms with Gasteiger partial charge in [-0.15, -0.1) is 0 Å². The molecule has 0 bridgehead atoms. The highest BCUT2D eigenvalue weighted by Gasteiger charge is 2.30. The minimum absolute atomic E-state index is 0.0965. The minimum atomic E-state index is -3.96. The maximum Gasteiger partial charge on any atom is 0.333 e. The van der Waals surface area contributed by atoms with Crippen LogP contribution in [0.5, 0.6) is 5.75 Å². The molecule has 1 atom stereocenters. The maximum absolute atomic E-state index is 12.8. The van der Waals surface area contributed by atoms with E-state index in [0.29, 0.717) is 17.0 Å². The summed E-state index contributed by atoms with van der Waals surface area (Å²) >= 11 is 0. The van der Waals surface area contributed by atoms with Gasteiger partial charge in [0.15, 0.2) is 0 Å². The molecule has 0 saturated carbocycles. The first-order valence-corrected chi connectivity index (χ1v) is 9.17. The zero-order chi connectivity index (χ0) is 18.8. The fourth-order valence-electron chi connectivity index (χ4n) is 2.44. The molecule has 0 saturated heterocycles. The number of hydrogen-bond donors (Lipinski definition) is 0. The zero-order valence-corrected chi connectivity index (χ0v) is 15.3. The Morgan fingerprint density at radius 2 is 1.88 bits per heavy atom. The quantitative estimate of drug-likeness (QED) is 0.746. The summed E-state index contributed by atoms with van der Waals surface area (Å²) in [5.41, 5.74) is 0.661. The predicted octanol–water partition coefficient (Wildman–Crippen LogP) is 3.37. The van der Waals surface area contributed by atoms with Crippen LogP contribution >= 0.6 is 0 Å². The van der Waals surface area contributed by atoms with Crippen molar-refractivity contribution in [3.8, 4) is 5.75 Å². The third kappa shape index (κ3) is 3.82. The van der Waals surface area contributed by atoms with Crippen molar-refractivity contribution >= 4 is 10.0 Å². The lowest BCUT2D eigenvalue weighted by molar-refractivity contribution is 0.0541. The largest absolute Gasteiger partial charge is 0.494 e. The number of ether oxygens (including phenoxy) is 1. The molecule has 0 spiro atoms. The predicted molar refractivity (Wildman–Crippen MR) is 89.2 cm³/mol. The monoisotopic (exact) mass is 373 g/mol. The normalized spacial score (nSPS) is 13.4. The molecule has 0 fully saturated rings. The van der Waals surface area contributed by atoms with Crippen molar-refractivity contribution in [3.05, 3.63) is 41.7 Å². The fraction of sp³-hybridized carbons (Fsp3) is 0.438. The average molecular weight is 373 g/mol. The standard InChI is InChI=1S/C16H21F2N3O3S/c1-5-24-14-8-6-13(7-9-14)11(2)20(4)25(22,23)15-10-19-21(12(15)3)16(17)18/h6-11,16H,5H2,1-4H3. The van der Waals surface area contributed by atoms with Gasteiger partial charge in [-0.05, 0) is 38.5 Å². The summed E-state index contributed by atoms with van der Waals surface area (Å²) < 4.78 is 58.1. The molecule has 138 valence electrons. The van der Waals surface area contributed by atoms with Gasteiger partial charge in [-0.25, -0.2) is 13.1 Å². The van der Waals surface area contributed by atoms with Gasteiger partial charge in [-0.3, -0.25) is 0 Å². The van der Waals surface area contributed by atoms with E-state index in [1.807, 2.05) is 6.92 Å². The number of benzene rings is 1. The van der Waals surface area contributed by atoms with E-state index in [9.17, 15) is 17.2 Å². The molecule has 2 aromatic rings. The van der Waals surface area contributed by atoms with Crippen LogP contribution in [0.1, 0.15) is 37.7 Å². The van der Waals surface area contributed by atoms with Crippen LogP contribution in [0.2, 0.25) is 0 Å². The second kappa shape index (κ2) is 7.49. The number of rotatable bonds is 7. The molecule has 0 radical (unpaired) electrons. The van der Waals surface area contributed by atoms with E-state index in [2.05, 4.69) is 5.10 Å². The van der Waals surface area contributed by atoms with E-state index >= 15 is 0 Å². The molecule has 0 aliphatic heterocycles. The average Bonchev–Trinajstić information content (AvgIpc) is 2.97. The first-order chi connectivity index (χ1) is 11.7. The van der Waals surface area contributed by atoms with Gasteiger partial charge >= 0.3 is 6.55 Å². The lowest BCUT2D eigenvalue weighted by Crippen LogP contribution is -2.30. The number of hydrogen-bond acceptors (Lipinski definition) is 4. The first-order valence-electron chi connectivity index (χ1n) is 7.73. The summed E-state index contributed by atoms with van der Waals surface area (Å²) in [6.45, 7) is 2.55. The van der Waals surface area contributed by atoms with E-state index < -0.39 is 22.6 Å². The molecule has 1 aromatic carbocycles. The molecule has 0 aliphatic carbocycles. The van der Waals surface area contributed by atoms with Crippen molar-refractivity contribution in [1.29, 1.82) is 0 Å². The number of alkyl halides is 2. The Morgan fingerprint density at radius 1 is 1.28 bits per heavy atom. The summed E-state index contributed by atoms with van der Waals surface area (Å²) in [5, 5.41) is 3.47. The molecule has 1 unspecified atom stereocenters. The van der Waals surface area contributed by atoms with Gasteiger partial charge in [0.25, 0.3) is 0 Å². The maximum atomic E-state index is 12.8. The molecular formula is C16H21F2N3O3S. The minimum Gasteiger partial charge on any atom is -0.494 e. The topological polar surface area (TPSA) is 64.4 Å². The third-order valence-electron chi connectivity index (χ3n) is 4.06. The Morgan fingerprint density at radius 3 is 2.36 bits per heavy atom. The van der Waals surface area contributed by atoms with Crippen LogP contribution in [-0.4, -0.2) is 36.2 Å². The molecule has 6 nitrogen and oxygen atoms in total. The molecule has 0 N–H and O–H groups in total. The SMILES string of the molecule is CCOc1ccc(C(C)N(C)S(=O)(=O)c2cnn(C(F)F)c2C)cc1. The third-order valence-corrected chi connectivity index (χ3v) is 6.09. The molecular weight excluding hydrogens is 352 g/mol. The van der Waals surface area contributed by atoms with Crippen LogP contribution in [0, 0.1) is 6.92 Å². The van der Waals surface area contributed by atoms with E-state index in [1.165, 1.54) is 14.0 Å². The second-order valence-electron chi connectivity index (χ2n) is 5.52. The number of sulfonamides is 1. The van der Waals surface area contributed by atoms with Crippen LogP contribution in [-0.2, 0) is 10.0 Å². The second-order valence-corrected chi connectivity index (χ2v) is 7.48. The smallest absolute Gasteiger partial charge is 0.333 e. The zero-order valence-electron chi connectivity index (χ0n) is 14.5. The van der Waals surface area contributed by atoms with Crippen LogP contribution in [0.3, 0.4) is 0 Å².